The molecule has 0 unspecified atom stereocenters. The number of phenolic OH excluding ortho intramolecular Hbond substituents is 1. The van der Waals surface area contributed by atoms with Gasteiger partial charge >= 0.3 is 0 Å². The summed E-state index contributed by atoms with van der Waals surface area (Å²) in [5, 5.41) is 11.0. The second kappa shape index (κ2) is 10.7. The number of aromatic hydroxyl groups is 1. The molecule has 2 aromatic heterocycles. The molecule has 0 fully saturated rings. The van der Waals surface area contributed by atoms with Gasteiger partial charge in [0.25, 0.3) is 0 Å². The summed E-state index contributed by atoms with van der Waals surface area (Å²) in [4.78, 5) is 9.88. The molecule has 0 aliphatic rings. The Morgan fingerprint density at radius 1 is 0.605 bits per heavy atom. The van der Waals surface area contributed by atoms with Gasteiger partial charge in [-0.25, -0.2) is 4.98 Å². The average Bonchev–Trinajstić information content (AvgIpc) is 3.45. The Kier molecular flexibility index (Phi) is 6.59. The fourth-order valence-corrected chi connectivity index (χ4v) is 5.84. The topological polar surface area (TPSA) is 50.9 Å². The molecule has 5 aromatic carbocycles. The minimum absolute atomic E-state index is 0.193. The molecule has 0 spiro atoms. The highest BCUT2D eigenvalue weighted by Crippen LogP contribution is 2.42. The average molecular weight is 558 g/mol. The summed E-state index contributed by atoms with van der Waals surface area (Å²) in [6, 6.07) is 47.3. The lowest BCUT2D eigenvalue weighted by Crippen LogP contribution is -2.19. The molecule has 43 heavy (non-hydrogen) atoms. The zero-order chi connectivity index (χ0) is 29.4. The SMILES string of the molecule is CC(C)(c1ccccc1)c1cc(-c2cccc(-c3ccccn3)c2)c2nc(-c3ccccc3O)n(-c3ccccc3)c2c1. The lowest BCUT2D eigenvalue weighted by atomic mass is 9.77. The highest BCUT2D eigenvalue weighted by atomic mass is 16.3. The van der Waals surface area contributed by atoms with Crippen LogP contribution in [0.2, 0.25) is 0 Å². The minimum Gasteiger partial charge on any atom is -0.507 e. The Morgan fingerprint density at radius 2 is 1.30 bits per heavy atom. The van der Waals surface area contributed by atoms with Crippen LogP contribution < -0.4 is 0 Å². The second-order valence-electron chi connectivity index (χ2n) is 11.3. The Bertz CT molecular complexity index is 2050. The van der Waals surface area contributed by atoms with Crippen molar-refractivity contribution in [3.8, 4) is 45.2 Å². The van der Waals surface area contributed by atoms with E-state index in [-0.39, 0.29) is 11.2 Å². The molecule has 1 N–H and O–H groups in total. The van der Waals surface area contributed by atoms with Gasteiger partial charge in [0.15, 0.2) is 0 Å². The summed E-state index contributed by atoms with van der Waals surface area (Å²) in [5.74, 6) is 0.884. The van der Waals surface area contributed by atoms with Crippen molar-refractivity contribution in [3.63, 3.8) is 0 Å². The summed E-state index contributed by atoms with van der Waals surface area (Å²) in [6.45, 7) is 4.54. The summed E-state index contributed by atoms with van der Waals surface area (Å²) < 4.78 is 2.17. The van der Waals surface area contributed by atoms with E-state index in [1.807, 2.05) is 60.8 Å². The van der Waals surface area contributed by atoms with E-state index in [0.29, 0.717) is 11.4 Å². The number of benzene rings is 5. The molecule has 2 heterocycles. The van der Waals surface area contributed by atoms with Crippen molar-refractivity contribution in [1.82, 2.24) is 14.5 Å². The number of hydrogen-bond acceptors (Lipinski definition) is 3. The van der Waals surface area contributed by atoms with Crippen LogP contribution in [0.15, 0.2) is 146 Å². The first kappa shape index (κ1) is 26.4. The molecule has 0 atom stereocenters. The molecule has 7 aromatic rings. The molecule has 0 saturated carbocycles. The summed E-state index contributed by atoms with van der Waals surface area (Å²) >= 11 is 0. The first-order valence-electron chi connectivity index (χ1n) is 14.5. The van der Waals surface area contributed by atoms with Gasteiger partial charge in [0.1, 0.15) is 11.6 Å². The molecule has 4 nitrogen and oxygen atoms in total. The summed E-state index contributed by atoms with van der Waals surface area (Å²) in [6.07, 6.45) is 1.82. The number of aromatic nitrogens is 3. The van der Waals surface area contributed by atoms with Crippen molar-refractivity contribution in [3.05, 3.63) is 157 Å². The Labute approximate surface area is 251 Å². The van der Waals surface area contributed by atoms with Crippen molar-refractivity contribution in [2.45, 2.75) is 19.3 Å². The van der Waals surface area contributed by atoms with Crippen molar-refractivity contribution >= 4 is 11.0 Å². The van der Waals surface area contributed by atoms with Gasteiger partial charge in [0, 0.05) is 28.4 Å². The van der Waals surface area contributed by atoms with E-state index in [1.165, 1.54) is 11.1 Å². The van der Waals surface area contributed by atoms with Gasteiger partial charge in [-0.15, -0.1) is 0 Å². The number of fused-ring (bicyclic) bond motifs is 1. The van der Waals surface area contributed by atoms with E-state index >= 15 is 0 Å². The third-order valence-electron chi connectivity index (χ3n) is 8.27. The number of hydrogen-bond donors (Lipinski definition) is 1. The van der Waals surface area contributed by atoms with Crippen LogP contribution in [0, 0.1) is 0 Å². The van der Waals surface area contributed by atoms with Crippen molar-refractivity contribution in [1.29, 1.82) is 0 Å². The van der Waals surface area contributed by atoms with E-state index < -0.39 is 0 Å². The van der Waals surface area contributed by atoms with E-state index in [4.69, 9.17) is 4.98 Å². The number of phenols is 1. The number of nitrogens with zero attached hydrogens (tertiary/aromatic N) is 3. The predicted octanol–water partition coefficient (Wildman–Crippen LogP) is 9.45. The van der Waals surface area contributed by atoms with E-state index in [2.05, 4.69) is 102 Å². The summed E-state index contributed by atoms with van der Waals surface area (Å²) in [5.41, 5.74) is 9.67. The molecule has 7 rings (SSSR count). The van der Waals surface area contributed by atoms with Crippen LogP contribution in [-0.2, 0) is 5.41 Å². The number of para-hydroxylation sites is 2. The maximum Gasteiger partial charge on any atom is 0.149 e. The molecule has 0 bridgehead atoms. The van der Waals surface area contributed by atoms with Crippen molar-refractivity contribution in [2.75, 3.05) is 0 Å². The van der Waals surface area contributed by atoms with Crippen LogP contribution in [-0.4, -0.2) is 19.6 Å². The third-order valence-corrected chi connectivity index (χ3v) is 8.27. The monoisotopic (exact) mass is 557 g/mol. The Morgan fingerprint density at radius 3 is 2.05 bits per heavy atom. The van der Waals surface area contributed by atoms with Gasteiger partial charge in [-0.2, -0.15) is 0 Å². The maximum atomic E-state index is 11.0. The molecule has 0 radical (unpaired) electrons. The van der Waals surface area contributed by atoms with Crippen LogP contribution in [0.1, 0.15) is 25.0 Å². The third kappa shape index (κ3) is 4.77. The van der Waals surface area contributed by atoms with Gasteiger partial charge in [-0.05, 0) is 71.3 Å². The minimum atomic E-state index is -0.288. The molecule has 0 aliphatic heterocycles. The number of pyridine rings is 1. The van der Waals surface area contributed by atoms with Crippen LogP contribution in [0.4, 0.5) is 0 Å². The molecule has 208 valence electrons. The molecular formula is C39H31N3O. The smallest absolute Gasteiger partial charge is 0.149 e. The summed E-state index contributed by atoms with van der Waals surface area (Å²) in [7, 11) is 0. The fourth-order valence-electron chi connectivity index (χ4n) is 5.84. The van der Waals surface area contributed by atoms with E-state index in [1.54, 1.807) is 6.07 Å². The van der Waals surface area contributed by atoms with Gasteiger partial charge in [0.05, 0.1) is 22.3 Å². The quantitative estimate of drug-likeness (QED) is 0.222. The van der Waals surface area contributed by atoms with Crippen LogP contribution in [0.5, 0.6) is 5.75 Å². The van der Waals surface area contributed by atoms with Gasteiger partial charge in [-0.3, -0.25) is 9.55 Å². The van der Waals surface area contributed by atoms with Crippen molar-refractivity contribution in [2.24, 2.45) is 0 Å². The largest absolute Gasteiger partial charge is 0.507 e. The zero-order valence-electron chi connectivity index (χ0n) is 24.1. The first-order valence-corrected chi connectivity index (χ1v) is 14.5. The first-order chi connectivity index (χ1) is 21.0. The van der Waals surface area contributed by atoms with Crippen LogP contribution >= 0.6 is 0 Å². The van der Waals surface area contributed by atoms with Crippen molar-refractivity contribution < 1.29 is 5.11 Å². The molecule has 0 saturated heterocycles. The molecule has 4 heteroatoms. The standard InChI is InChI=1S/C39H31N3O/c1-39(2,29-16-5-3-6-17-29)30-25-33(27-14-13-15-28(24-27)34-21-11-12-23-40-34)37-35(26-30)42(31-18-7-4-8-19-31)38(41-37)32-20-9-10-22-36(32)43/h3-26,43H,1-2H3. The fraction of sp³-hybridized carbons (Fsp3) is 0.0769. The van der Waals surface area contributed by atoms with Gasteiger partial charge in [0.2, 0.25) is 0 Å². The zero-order valence-corrected chi connectivity index (χ0v) is 24.1. The van der Waals surface area contributed by atoms with Crippen LogP contribution in [0.3, 0.4) is 0 Å². The second-order valence-corrected chi connectivity index (χ2v) is 11.3. The van der Waals surface area contributed by atoms with E-state index in [0.717, 1.165) is 39.1 Å². The molecule has 0 aliphatic carbocycles. The molecule has 0 amide bonds. The highest BCUT2D eigenvalue weighted by Gasteiger charge is 2.27. The van der Waals surface area contributed by atoms with Gasteiger partial charge in [-0.1, -0.05) is 98.8 Å². The number of rotatable bonds is 6. The maximum absolute atomic E-state index is 11.0. The molecular weight excluding hydrogens is 526 g/mol. The van der Waals surface area contributed by atoms with Crippen LogP contribution in [0.25, 0.3) is 50.5 Å². The number of imidazole rings is 1. The lowest BCUT2D eigenvalue weighted by Gasteiger charge is -2.27. The van der Waals surface area contributed by atoms with Gasteiger partial charge < -0.3 is 5.11 Å². The predicted molar refractivity (Wildman–Crippen MR) is 175 cm³/mol. The highest BCUT2D eigenvalue weighted by molar-refractivity contribution is 5.97. The lowest BCUT2D eigenvalue weighted by molar-refractivity contribution is 0.477. The Hall–Kier alpha value is -5.48. The normalized spacial score (nSPS) is 11.6. The van der Waals surface area contributed by atoms with E-state index in [9.17, 15) is 5.11 Å². The Balaban J connectivity index is 1.57.